The van der Waals surface area contributed by atoms with E-state index < -0.39 is 6.04 Å². The molecule has 2 aromatic carbocycles. The van der Waals surface area contributed by atoms with Crippen molar-refractivity contribution >= 4 is 5.91 Å². The number of carbonyl (C=O) groups excluding carboxylic acids is 1. The van der Waals surface area contributed by atoms with Crippen molar-refractivity contribution in [2.75, 3.05) is 33.3 Å². The van der Waals surface area contributed by atoms with E-state index in [1.807, 2.05) is 30.3 Å². The van der Waals surface area contributed by atoms with Crippen molar-refractivity contribution in [3.63, 3.8) is 0 Å². The van der Waals surface area contributed by atoms with E-state index in [0.717, 1.165) is 11.1 Å². The highest BCUT2D eigenvalue weighted by Crippen LogP contribution is 2.22. The molecule has 0 aromatic heterocycles. The molecule has 2 aromatic rings. The molecule has 1 heterocycles. The van der Waals surface area contributed by atoms with Crippen LogP contribution in [0.2, 0.25) is 0 Å². The Balaban J connectivity index is 1.58. The first-order valence-electron chi connectivity index (χ1n) is 8.72. The van der Waals surface area contributed by atoms with E-state index >= 15 is 0 Å². The Labute approximate surface area is 153 Å². The number of hydrogen-bond donors (Lipinski definition) is 1. The minimum Gasteiger partial charge on any atom is -0.496 e. The van der Waals surface area contributed by atoms with E-state index in [1.54, 1.807) is 18.1 Å². The monoisotopic (exact) mass is 357 g/mol. The smallest absolute Gasteiger partial charge is 0.244 e. The van der Waals surface area contributed by atoms with Crippen LogP contribution >= 0.6 is 0 Å². The Kier molecular flexibility index (Phi) is 5.85. The maximum Gasteiger partial charge on any atom is 0.244 e. The molecule has 1 amide bonds. The molecule has 5 nitrogen and oxygen atoms in total. The van der Waals surface area contributed by atoms with Crippen LogP contribution in [0.15, 0.2) is 48.5 Å². The fraction of sp³-hybridized carbons (Fsp3) is 0.350. The summed E-state index contributed by atoms with van der Waals surface area (Å²) in [7, 11) is 1.58. The van der Waals surface area contributed by atoms with Crippen molar-refractivity contribution < 1.29 is 13.9 Å². The van der Waals surface area contributed by atoms with Crippen molar-refractivity contribution in [1.82, 2.24) is 9.80 Å². The Hall–Kier alpha value is -2.44. The molecule has 1 aliphatic heterocycles. The Morgan fingerprint density at radius 1 is 1.15 bits per heavy atom. The number of hydrogen-bond acceptors (Lipinski definition) is 4. The van der Waals surface area contributed by atoms with Crippen LogP contribution in [0.25, 0.3) is 0 Å². The van der Waals surface area contributed by atoms with Gasteiger partial charge in [0.15, 0.2) is 0 Å². The van der Waals surface area contributed by atoms with Crippen molar-refractivity contribution in [2.45, 2.75) is 12.6 Å². The first-order chi connectivity index (χ1) is 12.6. The van der Waals surface area contributed by atoms with Crippen LogP contribution in [0.4, 0.5) is 4.39 Å². The molecule has 3 rings (SSSR count). The number of ether oxygens (including phenoxy) is 1. The van der Waals surface area contributed by atoms with Crippen LogP contribution in [0.5, 0.6) is 5.75 Å². The summed E-state index contributed by atoms with van der Waals surface area (Å²) >= 11 is 0. The standard InChI is InChI=1S/C20H24FN3O2/c1-26-18-8-7-17(21)13-16(18)14-23-9-11-24(12-10-23)20(25)19(22)15-5-3-2-4-6-15/h2-8,13,19H,9-12,14,22H2,1H3. The SMILES string of the molecule is COc1ccc(F)cc1CN1CCN(C(=O)C(N)c2ccccc2)CC1. The lowest BCUT2D eigenvalue weighted by Crippen LogP contribution is -2.50. The van der Waals surface area contributed by atoms with Gasteiger partial charge in [-0.3, -0.25) is 9.69 Å². The number of nitrogens with zero attached hydrogens (tertiary/aromatic N) is 2. The van der Waals surface area contributed by atoms with E-state index in [1.165, 1.54) is 12.1 Å². The number of carbonyl (C=O) groups is 1. The molecule has 0 spiro atoms. The number of piperazine rings is 1. The maximum atomic E-state index is 13.5. The van der Waals surface area contributed by atoms with Gasteiger partial charge < -0.3 is 15.4 Å². The van der Waals surface area contributed by atoms with Gasteiger partial charge in [-0.15, -0.1) is 0 Å². The predicted octanol–water partition coefficient (Wildman–Crippen LogP) is 2.18. The number of methoxy groups -OCH3 is 1. The second-order valence-corrected chi connectivity index (χ2v) is 6.45. The van der Waals surface area contributed by atoms with Gasteiger partial charge in [0, 0.05) is 38.3 Å². The van der Waals surface area contributed by atoms with Crippen LogP contribution in [0, 0.1) is 5.82 Å². The third kappa shape index (κ3) is 4.20. The molecule has 1 unspecified atom stereocenters. The largest absolute Gasteiger partial charge is 0.496 e. The quantitative estimate of drug-likeness (QED) is 0.891. The van der Waals surface area contributed by atoms with Crippen LogP contribution in [-0.4, -0.2) is 49.0 Å². The molecule has 0 aliphatic carbocycles. The zero-order chi connectivity index (χ0) is 18.5. The predicted molar refractivity (Wildman–Crippen MR) is 98.2 cm³/mol. The molecule has 1 fully saturated rings. The zero-order valence-electron chi connectivity index (χ0n) is 14.9. The topological polar surface area (TPSA) is 58.8 Å². The number of amides is 1. The van der Waals surface area contributed by atoms with Crippen molar-refractivity contribution in [1.29, 1.82) is 0 Å². The van der Waals surface area contributed by atoms with Gasteiger partial charge in [0.1, 0.15) is 17.6 Å². The summed E-state index contributed by atoms with van der Waals surface area (Å²) in [6, 6.07) is 13.3. The molecule has 1 saturated heterocycles. The Morgan fingerprint density at radius 2 is 1.85 bits per heavy atom. The van der Waals surface area contributed by atoms with Crippen LogP contribution < -0.4 is 10.5 Å². The molecule has 0 bridgehead atoms. The third-order valence-corrected chi connectivity index (χ3v) is 4.75. The van der Waals surface area contributed by atoms with Crippen LogP contribution in [0.1, 0.15) is 17.2 Å². The van der Waals surface area contributed by atoms with Gasteiger partial charge in [0.25, 0.3) is 0 Å². The summed E-state index contributed by atoms with van der Waals surface area (Å²) in [5.74, 6) is 0.346. The van der Waals surface area contributed by atoms with E-state index in [2.05, 4.69) is 4.90 Å². The minimum atomic E-state index is -0.633. The molecule has 26 heavy (non-hydrogen) atoms. The second kappa shape index (κ2) is 8.29. The second-order valence-electron chi connectivity index (χ2n) is 6.45. The van der Waals surface area contributed by atoms with E-state index in [4.69, 9.17) is 10.5 Å². The number of rotatable bonds is 5. The maximum absolute atomic E-state index is 13.5. The van der Waals surface area contributed by atoms with Gasteiger partial charge >= 0.3 is 0 Å². The molecule has 1 atom stereocenters. The van der Waals surface area contributed by atoms with Crippen molar-refractivity contribution in [3.8, 4) is 5.75 Å². The zero-order valence-corrected chi connectivity index (χ0v) is 14.9. The average molecular weight is 357 g/mol. The average Bonchev–Trinajstić information content (AvgIpc) is 2.68. The highest BCUT2D eigenvalue weighted by atomic mass is 19.1. The molecule has 6 heteroatoms. The fourth-order valence-corrected chi connectivity index (χ4v) is 3.24. The number of benzene rings is 2. The van der Waals surface area contributed by atoms with E-state index in [-0.39, 0.29) is 11.7 Å². The van der Waals surface area contributed by atoms with Crippen molar-refractivity contribution in [3.05, 3.63) is 65.5 Å². The van der Waals surface area contributed by atoms with Gasteiger partial charge in [0.05, 0.1) is 7.11 Å². The summed E-state index contributed by atoms with van der Waals surface area (Å²) in [4.78, 5) is 16.6. The van der Waals surface area contributed by atoms with Crippen LogP contribution in [-0.2, 0) is 11.3 Å². The highest BCUT2D eigenvalue weighted by Gasteiger charge is 2.26. The summed E-state index contributed by atoms with van der Waals surface area (Å²) in [5.41, 5.74) is 7.76. The summed E-state index contributed by atoms with van der Waals surface area (Å²) < 4.78 is 18.8. The number of halogens is 1. The van der Waals surface area contributed by atoms with Crippen molar-refractivity contribution in [2.24, 2.45) is 5.73 Å². The van der Waals surface area contributed by atoms with Gasteiger partial charge in [-0.1, -0.05) is 30.3 Å². The van der Waals surface area contributed by atoms with E-state index in [0.29, 0.717) is 38.5 Å². The highest BCUT2D eigenvalue weighted by molar-refractivity contribution is 5.83. The van der Waals surface area contributed by atoms with Gasteiger partial charge in [-0.25, -0.2) is 4.39 Å². The molecule has 1 aliphatic rings. The Morgan fingerprint density at radius 3 is 2.50 bits per heavy atom. The molecular weight excluding hydrogens is 333 g/mol. The fourth-order valence-electron chi connectivity index (χ4n) is 3.24. The summed E-state index contributed by atoms with van der Waals surface area (Å²) in [6.07, 6.45) is 0. The minimum absolute atomic E-state index is 0.0563. The lowest BCUT2D eigenvalue weighted by atomic mass is 10.1. The Bertz CT molecular complexity index is 746. The lowest BCUT2D eigenvalue weighted by molar-refractivity contribution is -0.134. The molecule has 2 N–H and O–H groups in total. The lowest BCUT2D eigenvalue weighted by Gasteiger charge is -2.36. The number of nitrogens with two attached hydrogens (primary N) is 1. The molecular formula is C20H24FN3O2. The summed E-state index contributed by atoms with van der Waals surface area (Å²) in [5, 5.41) is 0. The summed E-state index contributed by atoms with van der Waals surface area (Å²) in [6.45, 7) is 3.24. The first kappa shape index (κ1) is 18.4. The third-order valence-electron chi connectivity index (χ3n) is 4.75. The van der Waals surface area contributed by atoms with Crippen LogP contribution in [0.3, 0.4) is 0 Å². The van der Waals surface area contributed by atoms with E-state index in [9.17, 15) is 9.18 Å². The molecule has 0 saturated carbocycles. The van der Waals surface area contributed by atoms with Gasteiger partial charge in [-0.05, 0) is 23.8 Å². The van der Waals surface area contributed by atoms with Gasteiger partial charge in [-0.2, -0.15) is 0 Å². The molecule has 0 radical (unpaired) electrons. The first-order valence-corrected chi connectivity index (χ1v) is 8.72. The molecule has 138 valence electrons. The van der Waals surface area contributed by atoms with Gasteiger partial charge in [0.2, 0.25) is 5.91 Å². The normalized spacial score (nSPS) is 16.3.